The highest BCUT2D eigenvalue weighted by Crippen LogP contribution is 2.23. The molecule has 2 heterocycles. The zero-order valence-electron chi connectivity index (χ0n) is 14.3. The van der Waals surface area contributed by atoms with Crippen molar-refractivity contribution in [3.05, 3.63) is 57.0 Å². The van der Waals surface area contributed by atoms with Gasteiger partial charge in [0.15, 0.2) is 0 Å². The summed E-state index contributed by atoms with van der Waals surface area (Å²) < 4.78 is 1.17. The van der Waals surface area contributed by atoms with Gasteiger partial charge in [0, 0.05) is 9.77 Å². The summed E-state index contributed by atoms with van der Waals surface area (Å²) in [6.07, 6.45) is 2.24. The van der Waals surface area contributed by atoms with Crippen LogP contribution in [0.3, 0.4) is 0 Å². The maximum absolute atomic E-state index is 12.5. The number of aromatic nitrogens is 2. The number of thioether (sulfide) groups is 1. The molecule has 0 radical (unpaired) electrons. The number of hydrogen-bond acceptors (Lipinski definition) is 5. The first kappa shape index (κ1) is 17.7. The highest BCUT2D eigenvalue weighted by atomic mass is 32.2. The van der Waals surface area contributed by atoms with E-state index in [1.807, 2.05) is 39.0 Å². The summed E-state index contributed by atoms with van der Waals surface area (Å²) in [7, 11) is 0. The summed E-state index contributed by atoms with van der Waals surface area (Å²) in [5.74, 6) is -0.00128. The first-order chi connectivity index (χ1) is 12.0. The average molecular weight is 374 g/mol. The monoisotopic (exact) mass is 373 g/mol. The molecule has 0 aliphatic rings. The van der Waals surface area contributed by atoms with E-state index in [9.17, 15) is 9.59 Å². The van der Waals surface area contributed by atoms with Crippen LogP contribution in [0.1, 0.15) is 22.9 Å². The van der Waals surface area contributed by atoms with E-state index in [4.69, 9.17) is 0 Å². The zero-order valence-corrected chi connectivity index (χ0v) is 16.0. The van der Waals surface area contributed by atoms with E-state index in [0.29, 0.717) is 10.2 Å². The smallest absolute Gasteiger partial charge is 0.272 e. The Morgan fingerprint density at radius 3 is 2.88 bits per heavy atom. The fourth-order valence-corrected chi connectivity index (χ4v) is 4.24. The van der Waals surface area contributed by atoms with Crippen LogP contribution in [0.25, 0.3) is 10.2 Å². The quantitative estimate of drug-likeness (QED) is 0.695. The molecule has 0 aliphatic heterocycles. The zero-order chi connectivity index (χ0) is 18.0. The van der Waals surface area contributed by atoms with E-state index in [1.54, 1.807) is 0 Å². The first-order valence-electron chi connectivity index (χ1n) is 7.98. The number of amides is 1. The van der Waals surface area contributed by atoms with Crippen LogP contribution in [-0.2, 0) is 11.2 Å². The van der Waals surface area contributed by atoms with Crippen molar-refractivity contribution >= 4 is 39.2 Å². The fraction of sp³-hybridized carbons (Fsp3) is 0.278. The number of fused-ring (bicyclic) bond motifs is 1. The molecule has 130 valence electrons. The number of benzene rings is 1. The molecule has 0 spiro atoms. The van der Waals surface area contributed by atoms with Gasteiger partial charge in [-0.1, -0.05) is 24.6 Å². The number of hydrogen-bond donors (Lipinski definition) is 1. The third-order valence-electron chi connectivity index (χ3n) is 3.80. The van der Waals surface area contributed by atoms with Gasteiger partial charge in [0.1, 0.15) is 11.2 Å². The van der Waals surface area contributed by atoms with E-state index in [1.165, 1.54) is 34.1 Å². The lowest BCUT2D eigenvalue weighted by atomic mass is 10.2. The molecule has 0 saturated heterocycles. The predicted octanol–water partition coefficient (Wildman–Crippen LogP) is 3.50. The van der Waals surface area contributed by atoms with Crippen molar-refractivity contribution in [3.8, 4) is 0 Å². The second kappa shape index (κ2) is 7.41. The number of nitrogens with zero attached hydrogens (tertiary/aromatic N) is 2. The van der Waals surface area contributed by atoms with Crippen molar-refractivity contribution in [1.29, 1.82) is 0 Å². The molecule has 0 unspecified atom stereocenters. The molecule has 25 heavy (non-hydrogen) atoms. The van der Waals surface area contributed by atoms with Gasteiger partial charge >= 0.3 is 0 Å². The number of aryl methyl sites for hydroxylation is 3. The second-order valence-corrected chi connectivity index (χ2v) is 7.93. The lowest BCUT2D eigenvalue weighted by Crippen LogP contribution is -2.33. The molecule has 1 amide bonds. The van der Waals surface area contributed by atoms with Crippen LogP contribution in [0.5, 0.6) is 0 Å². The molecule has 0 fully saturated rings. The molecule has 1 aromatic carbocycles. The Labute approximate surface area is 154 Å². The van der Waals surface area contributed by atoms with Crippen molar-refractivity contribution in [2.75, 3.05) is 11.2 Å². The topological polar surface area (TPSA) is 64.0 Å². The number of carbonyl (C=O) groups excluding carboxylic acids is 1. The molecule has 2 aromatic heterocycles. The fourth-order valence-electron chi connectivity index (χ4n) is 2.40. The van der Waals surface area contributed by atoms with Gasteiger partial charge < -0.3 is 0 Å². The summed E-state index contributed by atoms with van der Waals surface area (Å²) in [6, 6.07) is 8.00. The van der Waals surface area contributed by atoms with Crippen LogP contribution in [0.4, 0.5) is 0 Å². The van der Waals surface area contributed by atoms with Gasteiger partial charge in [-0.15, -0.1) is 23.1 Å². The average Bonchev–Trinajstić information content (AvgIpc) is 3.02. The van der Waals surface area contributed by atoms with E-state index >= 15 is 0 Å². The normalized spacial score (nSPS) is 11.0. The van der Waals surface area contributed by atoms with Gasteiger partial charge in [0.25, 0.3) is 5.56 Å². The van der Waals surface area contributed by atoms with Gasteiger partial charge in [-0.25, -0.2) is 9.66 Å². The molecular weight excluding hydrogens is 354 g/mol. The van der Waals surface area contributed by atoms with Crippen molar-refractivity contribution < 1.29 is 4.79 Å². The van der Waals surface area contributed by atoms with Crippen molar-refractivity contribution in [2.24, 2.45) is 0 Å². The Bertz CT molecular complexity index is 992. The maximum Gasteiger partial charge on any atom is 0.280 e. The van der Waals surface area contributed by atoms with Gasteiger partial charge in [-0.05, 0) is 38.0 Å². The molecule has 3 rings (SSSR count). The predicted molar refractivity (Wildman–Crippen MR) is 104 cm³/mol. The minimum atomic E-state index is -0.244. The lowest BCUT2D eigenvalue weighted by Gasteiger charge is -2.09. The third-order valence-corrected chi connectivity index (χ3v) is 6.14. The third kappa shape index (κ3) is 3.93. The minimum Gasteiger partial charge on any atom is -0.272 e. The van der Waals surface area contributed by atoms with Gasteiger partial charge in [0.2, 0.25) is 5.91 Å². The van der Waals surface area contributed by atoms with Gasteiger partial charge in [-0.2, -0.15) is 0 Å². The highest BCUT2D eigenvalue weighted by molar-refractivity contribution is 8.00. The highest BCUT2D eigenvalue weighted by Gasteiger charge is 2.11. The number of rotatable bonds is 5. The van der Waals surface area contributed by atoms with Crippen LogP contribution in [0, 0.1) is 13.8 Å². The van der Waals surface area contributed by atoms with E-state index < -0.39 is 0 Å². The maximum atomic E-state index is 12.5. The Morgan fingerprint density at radius 2 is 2.12 bits per heavy atom. The first-order valence-corrected chi connectivity index (χ1v) is 9.78. The Kier molecular flexibility index (Phi) is 5.24. The molecule has 0 aliphatic carbocycles. The van der Waals surface area contributed by atoms with E-state index in [0.717, 1.165) is 27.3 Å². The van der Waals surface area contributed by atoms with Crippen LogP contribution in [0.15, 0.2) is 40.3 Å². The molecule has 0 bridgehead atoms. The SMILES string of the molecule is CCc1cc2c(=O)n(NC(=O)CSc3cc(C)ccc3C)cnc2s1. The van der Waals surface area contributed by atoms with Crippen LogP contribution in [0.2, 0.25) is 0 Å². The Morgan fingerprint density at radius 1 is 1.32 bits per heavy atom. The number of nitrogens with one attached hydrogen (secondary N) is 1. The molecule has 3 aromatic rings. The summed E-state index contributed by atoms with van der Waals surface area (Å²) >= 11 is 2.97. The van der Waals surface area contributed by atoms with Gasteiger partial charge in [0.05, 0.1) is 11.1 Å². The lowest BCUT2D eigenvalue weighted by molar-refractivity contribution is -0.114. The van der Waals surface area contributed by atoms with Gasteiger partial charge in [-0.3, -0.25) is 15.0 Å². The number of thiophene rings is 1. The summed E-state index contributed by atoms with van der Waals surface area (Å²) in [4.78, 5) is 31.8. The summed E-state index contributed by atoms with van der Waals surface area (Å²) in [5.41, 5.74) is 4.67. The van der Waals surface area contributed by atoms with E-state index in [2.05, 4.69) is 16.5 Å². The summed E-state index contributed by atoms with van der Waals surface area (Å²) in [5, 5.41) is 0.548. The van der Waals surface area contributed by atoms with E-state index in [-0.39, 0.29) is 17.2 Å². The van der Waals surface area contributed by atoms with Crippen LogP contribution in [-0.4, -0.2) is 21.3 Å². The number of carbonyl (C=O) groups is 1. The molecule has 0 atom stereocenters. The largest absolute Gasteiger partial charge is 0.280 e. The molecule has 5 nitrogen and oxygen atoms in total. The van der Waals surface area contributed by atoms with Crippen LogP contribution < -0.4 is 11.0 Å². The minimum absolute atomic E-state index is 0.235. The van der Waals surface area contributed by atoms with Crippen molar-refractivity contribution in [3.63, 3.8) is 0 Å². The molecule has 7 heteroatoms. The Balaban J connectivity index is 1.72. The summed E-state index contributed by atoms with van der Waals surface area (Å²) in [6.45, 7) is 6.08. The van der Waals surface area contributed by atoms with Crippen LogP contribution >= 0.6 is 23.1 Å². The van der Waals surface area contributed by atoms with Crippen molar-refractivity contribution in [1.82, 2.24) is 9.66 Å². The van der Waals surface area contributed by atoms with Crippen molar-refractivity contribution in [2.45, 2.75) is 32.1 Å². The second-order valence-electron chi connectivity index (χ2n) is 5.80. The standard InChI is InChI=1S/C18H19N3O2S2/c1-4-13-8-14-17(25-13)19-10-21(18(14)23)20-16(22)9-24-15-7-11(2)5-6-12(15)3/h5-8,10H,4,9H2,1-3H3,(H,20,22). The Hall–Kier alpha value is -2.12. The molecular formula is C18H19N3O2S2. The molecule has 0 saturated carbocycles. The molecule has 1 N–H and O–H groups in total.